The molecule has 1 atom stereocenters. The third-order valence-corrected chi connectivity index (χ3v) is 3.97. The van der Waals surface area contributed by atoms with Crippen molar-refractivity contribution in [3.63, 3.8) is 0 Å². The highest BCUT2D eigenvalue weighted by Gasteiger charge is 2.15. The van der Waals surface area contributed by atoms with Crippen molar-refractivity contribution in [1.29, 1.82) is 5.26 Å². The van der Waals surface area contributed by atoms with Crippen LogP contribution in [0.3, 0.4) is 0 Å². The van der Waals surface area contributed by atoms with E-state index in [1.165, 1.54) is 4.90 Å². The molecule has 124 valence electrons. The van der Waals surface area contributed by atoms with E-state index in [4.69, 9.17) is 5.26 Å². The van der Waals surface area contributed by atoms with Crippen molar-refractivity contribution in [3.05, 3.63) is 65.2 Å². The summed E-state index contributed by atoms with van der Waals surface area (Å²) in [5, 5.41) is 11.9. The number of hydrogen-bond donors (Lipinski definition) is 2. The second-order valence-electron chi connectivity index (χ2n) is 6.03. The summed E-state index contributed by atoms with van der Waals surface area (Å²) in [6.07, 6.45) is 1.02. The first-order chi connectivity index (χ1) is 11.6. The Bertz CT molecular complexity index is 716. The van der Waals surface area contributed by atoms with Crippen LogP contribution < -0.4 is 10.2 Å². The smallest absolute Gasteiger partial charge is 0.279 e. The molecule has 0 fully saturated rings. The predicted octanol–water partition coefficient (Wildman–Crippen LogP) is 2.30. The lowest BCUT2D eigenvalue weighted by Crippen LogP contribution is -3.11. The van der Waals surface area contributed by atoms with Crippen molar-refractivity contribution < 1.29 is 9.69 Å². The Hall–Kier alpha value is -2.64. The minimum absolute atomic E-state index is 0.0291. The molecule has 0 radical (unpaired) electrons. The Morgan fingerprint density at radius 2 is 1.88 bits per heavy atom. The summed E-state index contributed by atoms with van der Waals surface area (Å²) in [6.45, 7) is 6.26. The third-order valence-electron chi connectivity index (χ3n) is 3.97. The van der Waals surface area contributed by atoms with E-state index in [0.717, 1.165) is 36.3 Å². The maximum atomic E-state index is 12.4. The number of para-hydroxylation sites is 1. The lowest BCUT2D eigenvalue weighted by atomic mass is 10.1. The number of rotatable bonds is 7. The van der Waals surface area contributed by atoms with Gasteiger partial charge < -0.3 is 10.2 Å². The average Bonchev–Trinajstić information content (AvgIpc) is 2.58. The molecule has 0 saturated heterocycles. The molecule has 1 unspecified atom stereocenters. The number of benzene rings is 2. The van der Waals surface area contributed by atoms with Gasteiger partial charge in [-0.3, -0.25) is 4.79 Å². The number of nitrogens with one attached hydrogen (secondary N) is 2. The van der Waals surface area contributed by atoms with Gasteiger partial charge in [0.05, 0.1) is 18.2 Å². The fourth-order valence-corrected chi connectivity index (χ4v) is 2.71. The van der Waals surface area contributed by atoms with Crippen molar-refractivity contribution in [1.82, 2.24) is 0 Å². The van der Waals surface area contributed by atoms with Gasteiger partial charge in [-0.05, 0) is 37.1 Å². The van der Waals surface area contributed by atoms with Crippen LogP contribution in [0.15, 0.2) is 48.5 Å². The van der Waals surface area contributed by atoms with E-state index < -0.39 is 0 Å². The van der Waals surface area contributed by atoms with Crippen LogP contribution in [0.4, 0.5) is 5.69 Å². The molecule has 2 N–H and O–H groups in total. The van der Waals surface area contributed by atoms with Gasteiger partial charge in [0.1, 0.15) is 6.54 Å². The number of nitrogens with zero attached hydrogens (tertiary/aromatic N) is 1. The largest absolute Gasteiger partial charge is 0.323 e. The summed E-state index contributed by atoms with van der Waals surface area (Å²) >= 11 is 0. The van der Waals surface area contributed by atoms with Crippen LogP contribution in [0, 0.1) is 18.3 Å². The first kappa shape index (κ1) is 17.7. The first-order valence-corrected chi connectivity index (χ1v) is 8.30. The molecular weight excluding hydrogens is 298 g/mol. The molecule has 0 aliphatic rings. The standard InChI is InChI=1S/C20H23N3O/c1-3-12-23(14-18-10-8-17(13-21)9-11-18)15-20(24)22-19-7-5-4-6-16(19)2/h4-11H,3,12,14-15H2,1-2H3,(H,22,24)/p+1. The van der Waals surface area contributed by atoms with Crippen molar-refractivity contribution in [2.75, 3.05) is 18.4 Å². The highest BCUT2D eigenvalue weighted by molar-refractivity contribution is 5.92. The predicted molar refractivity (Wildman–Crippen MR) is 95.7 cm³/mol. The van der Waals surface area contributed by atoms with E-state index in [0.29, 0.717) is 12.1 Å². The fourth-order valence-electron chi connectivity index (χ4n) is 2.71. The number of amides is 1. The van der Waals surface area contributed by atoms with Crippen molar-refractivity contribution in [2.45, 2.75) is 26.8 Å². The summed E-state index contributed by atoms with van der Waals surface area (Å²) < 4.78 is 0. The van der Waals surface area contributed by atoms with Crippen LogP contribution in [0.5, 0.6) is 0 Å². The number of aryl methyl sites for hydroxylation is 1. The molecule has 0 spiro atoms. The number of hydrogen-bond acceptors (Lipinski definition) is 2. The van der Waals surface area contributed by atoms with Crippen LogP contribution in [0.25, 0.3) is 0 Å². The molecule has 2 aromatic carbocycles. The maximum absolute atomic E-state index is 12.4. The Labute approximate surface area is 143 Å². The maximum Gasteiger partial charge on any atom is 0.279 e. The summed E-state index contributed by atoms with van der Waals surface area (Å²) in [4.78, 5) is 13.6. The quantitative estimate of drug-likeness (QED) is 0.822. The highest BCUT2D eigenvalue weighted by atomic mass is 16.2. The van der Waals surface area contributed by atoms with Gasteiger partial charge in [-0.1, -0.05) is 37.3 Å². The molecule has 0 heterocycles. The Balaban J connectivity index is 1.98. The Kier molecular flexibility index (Phi) is 6.53. The van der Waals surface area contributed by atoms with Gasteiger partial charge in [-0.2, -0.15) is 5.26 Å². The zero-order valence-corrected chi connectivity index (χ0v) is 14.3. The molecule has 0 aliphatic carbocycles. The lowest BCUT2D eigenvalue weighted by Gasteiger charge is -2.19. The Morgan fingerprint density at radius 1 is 1.17 bits per heavy atom. The highest BCUT2D eigenvalue weighted by Crippen LogP contribution is 2.12. The van der Waals surface area contributed by atoms with Gasteiger partial charge in [0, 0.05) is 11.3 Å². The molecule has 1 amide bonds. The SMILES string of the molecule is CCC[NH+](CC(=O)Nc1ccccc1C)Cc1ccc(C#N)cc1. The molecular formula is C20H24N3O+. The zero-order valence-electron chi connectivity index (χ0n) is 14.3. The van der Waals surface area contributed by atoms with Gasteiger partial charge in [0.2, 0.25) is 0 Å². The number of carbonyl (C=O) groups is 1. The molecule has 0 bridgehead atoms. The van der Waals surface area contributed by atoms with E-state index in [-0.39, 0.29) is 5.91 Å². The molecule has 4 heteroatoms. The lowest BCUT2D eigenvalue weighted by molar-refractivity contribution is -0.905. The van der Waals surface area contributed by atoms with Crippen molar-refractivity contribution in [3.8, 4) is 6.07 Å². The number of anilines is 1. The molecule has 0 aromatic heterocycles. The summed E-state index contributed by atoms with van der Waals surface area (Å²) in [6, 6.07) is 17.5. The Morgan fingerprint density at radius 3 is 2.50 bits per heavy atom. The van der Waals surface area contributed by atoms with Crippen molar-refractivity contribution in [2.24, 2.45) is 0 Å². The monoisotopic (exact) mass is 322 g/mol. The molecule has 2 rings (SSSR count). The van der Waals surface area contributed by atoms with Gasteiger partial charge >= 0.3 is 0 Å². The van der Waals surface area contributed by atoms with E-state index >= 15 is 0 Å². The van der Waals surface area contributed by atoms with Crippen LogP contribution in [-0.4, -0.2) is 19.0 Å². The van der Waals surface area contributed by atoms with E-state index in [2.05, 4.69) is 18.3 Å². The molecule has 0 saturated carbocycles. The van der Waals surface area contributed by atoms with E-state index in [9.17, 15) is 4.79 Å². The third kappa shape index (κ3) is 5.22. The van der Waals surface area contributed by atoms with E-state index in [1.807, 2.05) is 55.5 Å². The summed E-state index contributed by atoms with van der Waals surface area (Å²) in [5.74, 6) is 0.0291. The van der Waals surface area contributed by atoms with Gasteiger partial charge in [0.15, 0.2) is 6.54 Å². The molecule has 4 nitrogen and oxygen atoms in total. The number of quaternary nitrogens is 1. The number of nitriles is 1. The summed E-state index contributed by atoms with van der Waals surface area (Å²) in [5.41, 5.74) is 3.74. The van der Waals surface area contributed by atoms with E-state index in [1.54, 1.807) is 0 Å². The van der Waals surface area contributed by atoms with Crippen LogP contribution in [0.1, 0.15) is 30.0 Å². The van der Waals surface area contributed by atoms with Gasteiger partial charge in [-0.25, -0.2) is 0 Å². The fraction of sp³-hybridized carbons (Fsp3) is 0.300. The average molecular weight is 322 g/mol. The second-order valence-corrected chi connectivity index (χ2v) is 6.03. The van der Waals surface area contributed by atoms with Crippen molar-refractivity contribution >= 4 is 11.6 Å². The molecule has 2 aromatic rings. The minimum Gasteiger partial charge on any atom is -0.323 e. The second kappa shape index (κ2) is 8.85. The zero-order chi connectivity index (χ0) is 17.4. The van der Waals surface area contributed by atoms with Gasteiger partial charge in [-0.15, -0.1) is 0 Å². The van der Waals surface area contributed by atoms with Crippen LogP contribution in [-0.2, 0) is 11.3 Å². The van der Waals surface area contributed by atoms with Gasteiger partial charge in [0.25, 0.3) is 5.91 Å². The molecule has 0 aliphatic heterocycles. The van der Waals surface area contributed by atoms with Crippen LogP contribution >= 0.6 is 0 Å². The summed E-state index contributed by atoms with van der Waals surface area (Å²) in [7, 11) is 0. The first-order valence-electron chi connectivity index (χ1n) is 8.30. The number of carbonyl (C=O) groups excluding carboxylic acids is 1. The minimum atomic E-state index is 0.0291. The normalized spacial score (nSPS) is 11.5. The van der Waals surface area contributed by atoms with Crippen LogP contribution in [0.2, 0.25) is 0 Å². The topological polar surface area (TPSA) is 57.3 Å². The molecule has 24 heavy (non-hydrogen) atoms.